The molecule has 1 aliphatic carbocycles. The van der Waals surface area contributed by atoms with Gasteiger partial charge in [0.25, 0.3) is 0 Å². The first kappa shape index (κ1) is 22.9. The van der Waals surface area contributed by atoms with E-state index in [-0.39, 0.29) is 18.1 Å². The van der Waals surface area contributed by atoms with E-state index in [0.29, 0.717) is 12.5 Å². The lowest BCUT2D eigenvalue weighted by atomic mass is 10.0. The standard InChI is InChI=1S/C29H34N2O2/c1-20-8-12-23(13-9-20)18-26(19-33-22(3)32)30-27-6-4-5-7-28(27)31-29(25-16-17-25)24-14-10-21(2)11-15-24/h4-15,25-26,29-31H,16-19H2,1-3H3. The van der Waals surface area contributed by atoms with E-state index in [4.69, 9.17) is 4.74 Å². The van der Waals surface area contributed by atoms with Crippen LogP contribution >= 0.6 is 0 Å². The van der Waals surface area contributed by atoms with E-state index >= 15 is 0 Å². The molecule has 3 aromatic carbocycles. The zero-order valence-corrected chi connectivity index (χ0v) is 19.8. The molecule has 0 saturated heterocycles. The van der Waals surface area contributed by atoms with Crippen LogP contribution in [0.2, 0.25) is 0 Å². The molecule has 1 saturated carbocycles. The van der Waals surface area contributed by atoms with Crippen molar-refractivity contribution >= 4 is 17.3 Å². The molecule has 172 valence electrons. The van der Waals surface area contributed by atoms with Crippen molar-refractivity contribution < 1.29 is 9.53 Å². The van der Waals surface area contributed by atoms with Crippen LogP contribution in [0.3, 0.4) is 0 Å². The van der Waals surface area contributed by atoms with Gasteiger partial charge in [-0.25, -0.2) is 0 Å². The van der Waals surface area contributed by atoms with Crippen molar-refractivity contribution in [1.82, 2.24) is 0 Å². The molecule has 4 nitrogen and oxygen atoms in total. The van der Waals surface area contributed by atoms with Crippen LogP contribution in [0.1, 0.15) is 48.1 Å². The van der Waals surface area contributed by atoms with Crippen LogP contribution in [0, 0.1) is 19.8 Å². The van der Waals surface area contributed by atoms with Crippen molar-refractivity contribution in [3.05, 3.63) is 95.1 Å². The zero-order chi connectivity index (χ0) is 23.2. The van der Waals surface area contributed by atoms with Gasteiger partial charge < -0.3 is 15.4 Å². The van der Waals surface area contributed by atoms with Gasteiger partial charge in [-0.1, -0.05) is 71.8 Å². The summed E-state index contributed by atoms with van der Waals surface area (Å²) in [4.78, 5) is 11.5. The van der Waals surface area contributed by atoms with Gasteiger partial charge in [0, 0.05) is 6.92 Å². The fourth-order valence-electron chi connectivity index (χ4n) is 4.18. The van der Waals surface area contributed by atoms with Crippen LogP contribution in [0.5, 0.6) is 0 Å². The van der Waals surface area contributed by atoms with E-state index in [0.717, 1.165) is 17.8 Å². The van der Waals surface area contributed by atoms with Gasteiger partial charge in [0.15, 0.2) is 0 Å². The van der Waals surface area contributed by atoms with E-state index in [1.165, 1.54) is 42.0 Å². The molecule has 2 N–H and O–H groups in total. The number of ether oxygens (including phenoxy) is 1. The Kier molecular flexibility index (Phi) is 7.33. The Morgan fingerprint density at radius 3 is 2.03 bits per heavy atom. The molecule has 33 heavy (non-hydrogen) atoms. The third-order valence-corrected chi connectivity index (χ3v) is 6.22. The molecule has 4 heteroatoms. The number of para-hydroxylation sites is 2. The summed E-state index contributed by atoms with van der Waals surface area (Å²) in [5, 5.41) is 7.47. The van der Waals surface area contributed by atoms with Crippen LogP contribution in [0.15, 0.2) is 72.8 Å². The van der Waals surface area contributed by atoms with Gasteiger partial charge in [0.05, 0.1) is 23.5 Å². The smallest absolute Gasteiger partial charge is 0.302 e. The van der Waals surface area contributed by atoms with Crippen molar-refractivity contribution in [3.63, 3.8) is 0 Å². The van der Waals surface area contributed by atoms with Gasteiger partial charge in [-0.3, -0.25) is 4.79 Å². The first-order chi connectivity index (χ1) is 16.0. The van der Waals surface area contributed by atoms with Crippen LogP contribution in [0.4, 0.5) is 11.4 Å². The van der Waals surface area contributed by atoms with Gasteiger partial charge in [0.2, 0.25) is 0 Å². The maximum Gasteiger partial charge on any atom is 0.302 e. The van der Waals surface area contributed by atoms with E-state index in [1.807, 2.05) is 6.07 Å². The molecular weight excluding hydrogens is 408 g/mol. The molecule has 0 radical (unpaired) electrons. The van der Waals surface area contributed by atoms with Crippen molar-refractivity contribution in [1.29, 1.82) is 0 Å². The summed E-state index contributed by atoms with van der Waals surface area (Å²) in [5.74, 6) is 0.399. The minimum Gasteiger partial charge on any atom is -0.464 e. The molecule has 1 aliphatic rings. The molecule has 0 aromatic heterocycles. The van der Waals surface area contributed by atoms with Crippen LogP contribution < -0.4 is 10.6 Å². The largest absolute Gasteiger partial charge is 0.464 e. The molecule has 1 fully saturated rings. The molecule has 0 bridgehead atoms. The number of hydrogen-bond acceptors (Lipinski definition) is 4. The molecule has 0 spiro atoms. The molecule has 2 unspecified atom stereocenters. The number of aryl methyl sites for hydroxylation is 2. The monoisotopic (exact) mass is 442 g/mol. The highest BCUT2D eigenvalue weighted by Gasteiger charge is 2.32. The topological polar surface area (TPSA) is 50.4 Å². The Labute approximate surface area is 197 Å². The maximum atomic E-state index is 11.5. The number of hydrogen-bond donors (Lipinski definition) is 2. The number of carbonyl (C=O) groups is 1. The van der Waals surface area contributed by atoms with E-state index in [1.54, 1.807) is 0 Å². The summed E-state index contributed by atoms with van der Waals surface area (Å²) >= 11 is 0. The quantitative estimate of drug-likeness (QED) is 0.354. The highest BCUT2D eigenvalue weighted by Crippen LogP contribution is 2.43. The molecule has 0 aliphatic heterocycles. The van der Waals surface area contributed by atoms with E-state index < -0.39 is 0 Å². The summed E-state index contributed by atoms with van der Waals surface area (Å²) < 4.78 is 5.40. The van der Waals surface area contributed by atoms with Gasteiger partial charge in [-0.15, -0.1) is 0 Å². The molecule has 0 heterocycles. The minimum atomic E-state index is -0.259. The number of benzene rings is 3. The fourth-order valence-corrected chi connectivity index (χ4v) is 4.18. The van der Waals surface area contributed by atoms with Crippen LogP contribution in [0.25, 0.3) is 0 Å². The first-order valence-electron chi connectivity index (χ1n) is 11.9. The fraction of sp³-hybridized carbons (Fsp3) is 0.345. The summed E-state index contributed by atoms with van der Waals surface area (Å²) in [7, 11) is 0. The number of carbonyl (C=O) groups excluding carboxylic acids is 1. The van der Waals surface area contributed by atoms with Crippen molar-refractivity contribution in [2.75, 3.05) is 17.2 Å². The SMILES string of the molecule is CC(=O)OCC(Cc1ccc(C)cc1)Nc1ccccc1NC(c1ccc(C)cc1)C1CC1. The molecule has 3 aromatic rings. The molecule has 2 atom stereocenters. The van der Waals surface area contributed by atoms with Crippen molar-refractivity contribution in [2.45, 2.75) is 52.1 Å². The second-order valence-electron chi connectivity index (χ2n) is 9.25. The average molecular weight is 443 g/mol. The number of nitrogens with one attached hydrogen (secondary N) is 2. The van der Waals surface area contributed by atoms with Crippen molar-refractivity contribution in [3.8, 4) is 0 Å². The average Bonchev–Trinajstić information content (AvgIpc) is 3.64. The minimum absolute atomic E-state index is 0.0293. The lowest BCUT2D eigenvalue weighted by Crippen LogP contribution is -2.29. The van der Waals surface area contributed by atoms with Crippen LogP contribution in [-0.2, 0) is 16.0 Å². The Morgan fingerprint density at radius 1 is 0.879 bits per heavy atom. The first-order valence-corrected chi connectivity index (χ1v) is 11.9. The van der Waals surface area contributed by atoms with Gasteiger partial charge in [0.1, 0.15) is 6.61 Å². The molecule has 0 amide bonds. The Balaban J connectivity index is 1.53. The summed E-state index contributed by atoms with van der Waals surface area (Å²) in [6.07, 6.45) is 3.28. The third-order valence-electron chi connectivity index (χ3n) is 6.22. The highest BCUT2D eigenvalue weighted by atomic mass is 16.5. The number of anilines is 2. The van der Waals surface area contributed by atoms with E-state index in [2.05, 4.69) is 91.2 Å². The summed E-state index contributed by atoms with van der Waals surface area (Å²) in [6.45, 7) is 5.99. The lowest BCUT2D eigenvalue weighted by molar-refractivity contribution is -0.141. The molecular formula is C29H34N2O2. The van der Waals surface area contributed by atoms with Crippen LogP contribution in [-0.4, -0.2) is 18.6 Å². The second kappa shape index (κ2) is 10.6. The summed E-state index contributed by atoms with van der Waals surface area (Å²) in [5.41, 5.74) is 7.16. The molecule has 4 rings (SSSR count). The predicted molar refractivity (Wildman–Crippen MR) is 136 cm³/mol. The third kappa shape index (κ3) is 6.61. The van der Waals surface area contributed by atoms with Gasteiger partial charge >= 0.3 is 5.97 Å². The lowest BCUT2D eigenvalue weighted by Gasteiger charge is -2.25. The second-order valence-corrected chi connectivity index (χ2v) is 9.25. The number of esters is 1. The zero-order valence-electron chi connectivity index (χ0n) is 19.8. The Bertz CT molecular complexity index is 1060. The van der Waals surface area contributed by atoms with E-state index in [9.17, 15) is 4.79 Å². The van der Waals surface area contributed by atoms with Crippen molar-refractivity contribution in [2.24, 2.45) is 5.92 Å². The maximum absolute atomic E-state index is 11.5. The normalized spacial score (nSPS) is 14.9. The Morgan fingerprint density at radius 2 is 1.45 bits per heavy atom. The highest BCUT2D eigenvalue weighted by molar-refractivity contribution is 5.70. The van der Waals surface area contributed by atoms with Gasteiger partial charge in [-0.05, 0) is 62.3 Å². The summed E-state index contributed by atoms with van der Waals surface area (Å²) in [6, 6.07) is 26.0. The predicted octanol–water partition coefficient (Wildman–Crippen LogP) is 6.45. The number of rotatable bonds is 10. The Hall–Kier alpha value is -3.27. The van der Waals surface area contributed by atoms with Gasteiger partial charge in [-0.2, -0.15) is 0 Å².